The SMILES string of the molecule is CC(C)C(CN)CNc1ccc(-n2cnnn2)cc1. The first kappa shape index (κ1) is 13.5. The molecule has 0 saturated heterocycles. The van der Waals surface area contributed by atoms with Crippen LogP contribution in [-0.4, -0.2) is 33.3 Å². The normalized spacial score (nSPS) is 12.6. The molecular formula is C13H20N6. The van der Waals surface area contributed by atoms with Crippen molar-refractivity contribution in [2.45, 2.75) is 13.8 Å². The molecule has 3 N–H and O–H groups in total. The highest BCUT2D eigenvalue weighted by molar-refractivity contribution is 5.48. The summed E-state index contributed by atoms with van der Waals surface area (Å²) >= 11 is 0. The Morgan fingerprint density at radius 3 is 2.53 bits per heavy atom. The fourth-order valence-electron chi connectivity index (χ4n) is 1.85. The summed E-state index contributed by atoms with van der Waals surface area (Å²) in [5.74, 6) is 1.07. The number of anilines is 1. The highest BCUT2D eigenvalue weighted by Gasteiger charge is 2.10. The summed E-state index contributed by atoms with van der Waals surface area (Å²) in [6.45, 7) is 5.98. The highest BCUT2D eigenvalue weighted by Crippen LogP contribution is 2.14. The molecule has 1 atom stereocenters. The first-order chi connectivity index (χ1) is 9.20. The molecule has 0 saturated carbocycles. The minimum atomic E-state index is 0.485. The van der Waals surface area contributed by atoms with Crippen molar-refractivity contribution in [1.29, 1.82) is 0 Å². The molecule has 0 bridgehead atoms. The van der Waals surface area contributed by atoms with Crippen molar-refractivity contribution < 1.29 is 0 Å². The Morgan fingerprint density at radius 2 is 2.00 bits per heavy atom. The number of hydrogen-bond donors (Lipinski definition) is 2. The Kier molecular flexibility index (Phi) is 4.46. The summed E-state index contributed by atoms with van der Waals surface area (Å²) in [6.07, 6.45) is 1.58. The molecule has 2 rings (SSSR count). The fourth-order valence-corrected chi connectivity index (χ4v) is 1.85. The third kappa shape index (κ3) is 3.51. The van der Waals surface area contributed by atoms with Gasteiger partial charge in [0.1, 0.15) is 6.33 Å². The average molecular weight is 260 g/mol. The van der Waals surface area contributed by atoms with Crippen molar-refractivity contribution in [2.24, 2.45) is 17.6 Å². The molecule has 0 amide bonds. The van der Waals surface area contributed by atoms with Crippen LogP contribution in [0.25, 0.3) is 5.69 Å². The molecule has 1 heterocycles. The quantitative estimate of drug-likeness (QED) is 0.818. The number of nitrogens with one attached hydrogen (secondary N) is 1. The van der Waals surface area contributed by atoms with Crippen LogP contribution in [-0.2, 0) is 0 Å². The number of nitrogens with zero attached hydrogens (tertiary/aromatic N) is 4. The van der Waals surface area contributed by atoms with Crippen LogP contribution in [0.3, 0.4) is 0 Å². The van der Waals surface area contributed by atoms with Gasteiger partial charge in [0.05, 0.1) is 5.69 Å². The molecule has 0 spiro atoms. The van der Waals surface area contributed by atoms with Gasteiger partial charge in [-0.25, -0.2) is 4.68 Å². The van der Waals surface area contributed by atoms with Crippen molar-refractivity contribution in [3.63, 3.8) is 0 Å². The third-order valence-corrected chi connectivity index (χ3v) is 3.29. The molecule has 0 aliphatic carbocycles. The van der Waals surface area contributed by atoms with Gasteiger partial charge in [0.2, 0.25) is 0 Å². The summed E-state index contributed by atoms with van der Waals surface area (Å²) < 4.78 is 1.63. The number of benzene rings is 1. The summed E-state index contributed by atoms with van der Waals surface area (Å²) in [7, 11) is 0. The molecule has 19 heavy (non-hydrogen) atoms. The first-order valence-corrected chi connectivity index (χ1v) is 6.48. The summed E-state index contributed by atoms with van der Waals surface area (Å²) in [5, 5.41) is 14.5. The number of nitrogens with two attached hydrogens (primary N) is 1. The number of rotatable bonds is 6. The molecule has 1 unspecified atom stereocenters. The lowest BCUT2D eigenvalue weighted by Crippen LogP contribution is -2.27. The van der Waals surface area contributed by atoms with Crippen LogP contribution in [0.1, 0.15) is 13.8 Å². The summed E-state index contributed by atoms with van der Waals surface area (Å²) in [5.41, 5.74) is 7.78. The van der Waals surface area contributed by atoms with Crippen LogP contribution in [0.2, 0.25) is 0 Å². The van der Waals surface area contributed by atoms with E-state index in [0.29, 0.717) is 18.4 Å². The molecule has 102 valence electrons. The molecule has 0 aliphatic heterocycles. The van der Waals surface area contributed by atoms with E-state index in [1.54, 1.807) is 11.0 Å². The topological polar surface area (TPSA) is 81.6 Å². The van der Waals surface area contributed by atoms with Gasteiger partial charge in [-0.05, 0) is 53.1 Å². The second-order valence-electron chi connectivity index (χ2n) is 4.92. The maximum absolute atomic E-state index is 5.76. The van der Waals surface area contributed by atoms with Gasteiger partial charge in [-0.3, -0.25) is 0 Å². The van der Waals surface area contributed by atoms with E-state index >= 15 is 0 Å². The minimum Gasteiger partial charge on any atom is -0.385 e. The Bertz CT molecular complexity index is 476. The second-order valence-corrected chi connectivity index (χ2v) is 4.92. The predicted octanol–water partition coefficient (Wildman–Crippen LogP) is 1.31. The lowest BCUT2D eigenvalue weighted by molar-refractivity contribution is 0.413. The maximum atomic E-state index is 5.76. The van der Waals surface area contributed by atoms with Gasteiger partial charge in [0.15, 0.2) is 0 Å². The Morgan fingerprint density at radius 1 is 1.26 bits per heavy atom. The van der Waals surface area contributed by atoms with E-state index in [1.165, 1.54) is 0 Å². The number of aromatic nitrogens is 4. The van der Waals surface area contributed by atoms with Crippen LogP contribution < -0.4 is 11.1 Å². The van der Waals surface area contributed by atoms with Crippen LogP contribution in [0.5, 0.6) is 0 Å². The van der Waals surface area contributed by atoms with Crippen LogP contribution in [0.15, 0.2) is 30.6 Å². The molecule has 0 fully saturated rings. The molecule has 2 aromatic rings. The van der Waals surface area contributed by atoms with Crippen molar-refractivity contribution >= 4 is 5.69 Å². The van der Waals surface area contributed by atoms with E-state index in [2.05, 4.69) is 34.7 Å². The van der Waals surface area contributed by atoms with Crippen LogP contribution >= 0.6 is 0 Å². The largest absolute Gasteiger partial charge is 0.385 e. The third-order valence-electron chi connectivity index (χ3n) is 3.29. The molecular weight excluding hydrogens is 240 g/mol. The Labute approximate surface area is 113 Å². The van der Waals surface area contributed by atoms with E-state index in [4.69, 9.17) is 5.73 Å². The predicted molar refractivity (Wildman–Crippen MR) is 75.0 cm³/mol. The summed E-state index contributed by atoms with van der Waals surface area (Å²) in [4.78, 5) is 0. The molecule has 6 nitrogen and oxygen atoms in total. The van der Waals surface area contributed by atoms with Crippen molar-refractivity contribution in [1.82, 2.24) is 20.2 Å². The summed E-state index contributed by atoms with van der Waals surface area (Å²) in [6, 6.07) is 7.99. The zero-order valence-electron chi connectivity index (χ0n) is 11.3. The Balaban J connectivity index is 1.96. The number of hydrogen-bond acceptors (Lipinski definition) is 5. The van der Waals surface area contributed by atoms with Gasteiger partial charge >= 0.3 is 0 Å². The lowest BCUT2D eigenvalue weighted by atomic mass is 9.96. The van der Waals surface area contributed by atoms with Crippen molar-refractivity contribution in [2.75, 3.05) is 18.4 Å². The number of tetrazole rings is 1. The van der Waals surface area contributed by atoms with Gasteiger partial charge < -0.3 is 11.1 Å². The van der Waals surface area contributed by atoms with Crippen LogP contribution in [0.4, 0.5) is 5.69 Å². The highest BCUT2D eigenvalue weighted by atomic mass is 15.5. The average Bonchev–Trinajstić information content (AvgIpc) is 2.94. The van der Waals surface area contributed by atoms with E-state index in [9.17, 15) is 0 Å². The van der Waals surface area contributed by atoms with E-state index in [0.717, 1.165) is 17.9 Å². The zero-order valence-corrected chi connectivity index (χ0v) is 11.3. The monoisotopic (exact) mass is 260 g/mol. The molecule has 0 aliphatic rings. The van der Waals surface area contributed by atoms with E-state index < -0.39 is 0 Å². The van der Waals surface area contributed by atoms with Crippen LogP contribution in [0, 0.1) is 11.8 Å². The van der Waals surface area contributed by atoms with Gasteiger partial charge in [0.25, 0.3) is 0 Å². The standard InChI is InChI=1S/C13H20N6/c1-10(2)11(7-14)8-15-12-3-5-13(6-4-12)19-9-16-17-18-19/h3-6,9-11,15H,7-8,14H2,1-2H3. The second kappa shape index (κ2) is 6.29. The maximum Gasteiger partial charge on any atom is 0.143 e. The molecule has 0 radical (unpaired) electrons. The molecule has 6 heteroatoms. The van der Waals surface area contributed by atoms with Crippen molar-refractivity contribution in [3.05, 3.63) is 30.6 Å². The lowest BCUT2D eigenvalue weighted by Gasteiger charge is -2.20. The van der Waals surface area contributed by atoms with Gasteiger partial charge in [0, 0.05) is 12.2 Å². The zero-order chi connectivity index (χ0) is 13.7. The van der Waals surface area contributed by atoms with Gasteiger partial charge in [-0.15, -0.1) is 5.10 Å². The fraction of sp³-hybridized carbons (Fsp3) is 0.462. The van der Waals surface area contributed by atoms with E-state index in [-0.39, 0.29) is 0 Å². The minimum absolute atomic E-state index is 0.485. The molecule has 1 aromatic carbocycles. The van der Waals surface area contributed by atoms with Crippen molar-refractivity contribution in [3.8, 4) is 5.69 Å². The smallest absolute Gasteiger partial charge is 0.143 e. The Hall–Kier alpha value is -1.95. The first-order valence-electron chi connectivity index (χ1n) is 6.48. The van der Waals surface area contributed by atoms with E-state index in [1.807, 2.05) is 24.3 Å². The van der Waals surface area contributed by atoms with Gasteiger partial charge in [-0.2, -0.15) is 0 Å². The molecule has 1 aromatic heterocycles. The van der Waals surface area contributed by atoms with Gasteiger partial charge in [-0.1, -0.05) is 13.8 Å².